The van der Waals surface area contributed by atoms with Crippen molar-refractivity contribution in [2.45, 2.75) is 13.8 Å². The maximum atomic E-state index is 13.4. The highest BCUT2D eigenvalue weighted by Crippen LogP contribution is 2.31. The second-order valence-electron chi connectivity index (χ2n) is 6.50. The normalized spacial score (nSPS) is 10.8. The number of esters is 1. The van der Waals surface area contributed by atoms with Gasteiger partial charge in [0.2, 0.25) is 0 Å². The van der Waals surface area contributed by atoms with Crippen LogP contribution in [0.3, 0.4) is 0 Å². The number of nitrogens with zero attached hydrogens (tertiary/aromatic N) is 2. The molecule has 4 rings (SSSR count). The van der Waals surface area contributed by atoms with E-state index in [2.05, 4.69) is 10.4 Å². The molecule has 0 atom stereocenters. The summed E-state index contributed by atoms with van der Waals surface area (Å²) in [5.74, 6) is -0.327. The highest BCUT2D eigenvalue weighted by Gasteiger charge is 2.23. The van der Waals surface area contributed by atoms with Crippen molar-refractivity contribution in [1.29, 1.82) is 0 Å². The lowest BCUT2D eigenvalue weighted by Crippen LogP contribution is -2.25. The van der Waals surface area contributed by atoms with Gasteiger partial charge in [0.25, 0.3) is 11.5 Å². The molecule has 0 fully saturated rings. The molecule has 0 aliphatic carbocycles. The molecule has 0 aliphatic heterocycles. The lowest BCUT2D eigenvalue weighted by Gasteiger charge is -2.10. The van der Waals surface area contributed by atoms with Gasteiger partial charge >= 0.3 is 5.97 Å². The van der Waals surface area contributed by atoms with E-state index in [0.717, 1.165) is 16.0 Å². The third-order valence-electron chi connectivity index (χ3n) is 4.49. The van der Waals surface area contributed by atoms with Gasteiger partial charge in [0.1, 0.15) is 10.8 Å². The number of benzene rings is 1. The van der Waals surface area contributed by atoms with Crippen LogP contribution in [0.25, 0.3) is 16.5 Å². The van der Waals surface area contributed by atoms with Gasteiger partial charge in [-0.25, -0.2) is 4.79 Å². The predicted molar refractivity (Wildman–Crippen MR) is 125 cm³/mol. The Morgan fingerprint density at radius 3 is 2.53 bits per heavy atom. The molecule has 0 unspecified atom stereocenters. The fourth-order valence-corrected chi connectivity index (χ4v) is 4.64. The number of carbonyl (C=O) groups is 2. The Morgan fingerprint density at radius 1 is 1.09 bits per heavy atom. The van der Waals surface area contributed by atoms with Crippen molar-refractivity contribution in [3.63, 3.8) is 0 Å². The minimum atomic E-state index is -0.647. The first-order chi connectivity index (χ1) is 15.5. The summed E-state index contributed by atoms with van der Waals surface area (Å²) in [6, 6.07) is 10.3. The fraction of sp³-hybridized carbons (Fsp3) is 0.182. The summed E-state index contributed by atoms with van der Waals surface area (Å²) in [7, 11) is 0. The first-order valence-electron chi connectivity index (χ1n) is 9.83. The lowest BCUT2D eigenvalue weighted by molar-refractivity contribution is 0.0520. The van der Waals surface area contributed by atoms with Crippen molar-refractivity contribution >= 4 is 50.3 Å². The Morgan fingerprint density at radius 2 is 1.88 bits per heavy atom. The molecule has 0 aliphatic rings. The van der Waals surface area contributed by atoms with E-state index in [1.165, 1.54) is 11.3 Å². The highest BCUT2D eigenvalue weighted by atomic mass is 32.1. The second-order valence-corrected chi connectivity index (χ2v) is 8.33. The first kappa shape index (κ1) is 21.7. The summed E-state index contributed by atoms with van der Waals surface area (Å²) in [5, 5.41) is 11.4. The lowest BCUT2D eigenvalue weighted by atomic mass is 10.2. The van der Waals surface area contributed by atoms with E-state index in [0.29, 0.717) is 33.3 Å². The maximum absolute atomic E-state index is 13.4. The number of aromatic nitrogens is 2. The van der Waals surface area contributed by atoms with E-state index in [1.807, 2.05) is 6.92 Å². The first-order valence-corrected chi connectivity index (χ1v) is 11.6. The number of anilines is 1. The van der Waals surface area contributed by atoms with Gasteiger partial charge in [-0.2, -0.15) is 9.78 Å². The summed E-state index contributed by atoms with van der Waals surface area (Å²) in [6.07, 6.45) is 0. The summed E-state index contributed by atoms with van der Waals surface area (Å²) in [6.45, 7) is 4.25. The van der Waals surface area contributed by atoms with Gasteiger partial charge in [-0.15, -0.1) is 22.7 Å². The Hall–Kier alpha value is -3.50. The van der Waals surface area contributed by atoms with Crippen molar-refractivity contribution in [2.75, 3.05) is 18.5 Å². The van der Waals surface area contributed by atoms with Crippen LogP contribution in [0.5, 0.6) is 5.75 Å². The number of hydrogen-bond acceptors (Lipinski definition) is 8. The molecule has 8 nitrogen and oxygen atoms in total. The number of ether oxygens (including phenoxy) is 2. The van der Waals surface area contributed by atoms with E-state index >= 15 is 0 Å². The third-order valence-corrected chi connectivity index (χ3v) is 6.25. The molecule has 1 aromatic carbocycles. The van der Waals surface area contributed by atoms with Crippen molar-refractivity contribution in [3.05, 3.63) is 68.1 Å². The number of rotatable bonds is 7. The van der Waals surface area contributed by atoms with E-state index in [4.69, 9.17) is 9.47 Å². The fourth-order valence-electron chi connectivity index (χ4n) is 3.09. The molecule has 0 radical (unpaired) electrons. The monoisotopic (exact) mass is 469 g/mol. The molecule has 1 N–H and O–H groups in total. The third kappa shape index (κ3) is 4.14. The Balaban J connectivity index is 1.86. The summed E-state index contributed by atoms with van der Waals surface area (Å²) < 4.78 is 11.7. The standard InChI is InChI=1S/C22H19N3O5S2/c1-3-29-14-9-7-13(8-10-14)25-21(27)17-15(18(24-25)22(28)30-4-2)12-32-20(17)23-19(26)16-6-5-11-31-16/h5-12H,3-4H2,1-2H3,(H,23,26). The van der Waals surface area contributed by atoms with Gasteiger partial charge in [-0.3, -0.25) is 9.59 Å². The number of fused-ring (bicyclic) bond motifs is 1. The van der Waals surface area contributed by atoms with E-state index in [-0.39, 0.29) is 23.6 Å². The number of carbonyl (C=O) groups excluding carboxylic acids is 2. The second kappa shape index (κ2) is 9.33. The number of thiophene rings is 2. The van der Waals surface area contributed by atoms with Crippen molar-refractivity contribution in [2.24, 2.45) is 0 Å². The number of amides is 1. The van der Waals surface area contributed by atoms with Gasteiger partial charge in [-0.1, -0.05) is 6.07 Å². The van der Waals surface area contributed by atoms with Crippen LogP contribution in [0, 0.1) is 0 Å². The van der Waals surface area contributed by atoms with Gasteiger partial charge in [0.15, 0.2) is 5.69 Å². The van der Waals surface area contributed by atoms with Crippen LogP contribution < -0.4 is 15.6 Å². The molecule has 3 heterocycles. The highest BCUT2D eigenvalue weighted by molar-refractivity contribution is 7.16. The minimum Gasteiger partial charge on any atom is -0.494 e. The van der Waals surface area contributed by atoms with E-state index in [1.54, 1.807) is 54.1 Å². The van der Waals surface area contributed by atoms with Gasteiger partial charge in [0.05, 0.1) is 29.2 Å². The molecule has 0 saturated heterocycles. The van der Waals surface area contributed by atoms with Gasteiger partial charge in [-0.05, 0) is 49.6 Å². The quantitative estimate of drug-likeness (QED) is 0.404. The summed E-state index contributed by atoms with van der Waals surface area (Å²) >= 11 is 2.45. The predicted octanol–water partition coefficient (Wildman–Crippen LogP) is 4.34. The molecule has 32 heavy (non-hydrogen) atoms. The van der Waals surface area contributed by atoms with Crippen LogP contribution in [0.4, 0.5) is 5.00 Å². The van der Waals surface area contributed by atoms with E-state index in [9.17, 15) is 14.4 Å². The molecule has 10 heteroatoms. The van der Waals surface area contributed by atoms with Crippen LogP contribution in [-0.4, -0.2) is 34.9 Å². The zero-order valence-corrected chi connectivity index (χ0v) is 18.9. The molecule has 0 bridgehead atoms. The van der Waals surface area contributed by atoms with Crippen LogP contribution in [-0.2, 0) is 4.74 Å². The molecule has 4 aromatic rings. The van der Waals surface area contributed by atoms with Gasteiger partial charge in [0, 0.05) is 10.8 Å². The molecule has 0 saturated carbocycles. The number of hydrogen-bond donors (Lipinski definition) is 1. The zero-order chi connectivity index (χ0) is 22.7. The number of nitrogens with one attached hydrogen (secondary N) is 1. The molecular formula is C22H19N3O5S2. The Bertz CT molecular complexity index is 1320. The molecule has 1 amide bonds. The smallest absolute Gasteiger partial charge is 0.359 e. The topological polar surface area (TPSA) is 99.5 Å². The molecule has 164 valence electrons. The van der Waals surface area contributed by atoms with Crippen molar-refractivity contribution < 1.29 is 19.1 Å². The SMILES string of the molecule is CCOC(=O)c1nn(-c2ccc(OCC)cc2)c(=O)c2c(NC(=O)c3cccs3)scc12. The summed E-state index contributed by atoms with van der Waals surface area (Å²) in [5.41, 5.74) is -0.00391. The average Bonchev–Trinajstić information content (AvgIpc) is 3.46. The Kier molecular flexibility index (Phi) is 6.33. The Labute approximate surface area is 191 Å². The molecular weight excluding hydrogens is 450 g/mol. The average molecular weight is 470 g/mol. The van der Waals surface area contributed by atoms with Crippen LogP contribution in [0.1, 0.15) is 34.0 Å². The van der Waals surface area contributed by atoms with Crippen LogP contribution >= 0.6 is 22.7 Å². The minimum absolute atomic E-state index is 0.00297. The zero-order valence-electron chi connectivity index (χ0n) is 17.3. The van der Waals surface area contributed by atoms with E-state index < -0.39 is 11.5 Å². The van der Waals surface area contributed by atoms with Crippen molar-refractivity contribution in [3.8, 4) is 11.4 Å². The maximum Gasteiger partial charge on any atom is 0.359 e. The van der Waals surface area contributed by atoms with Crippen molar-refractivity contribution in [1.82, 2.24) is 9.78 Å². The van der Waals surface area contributed by atoms with Crippen LogP contribution in [0.15, 0.2) is 52.0 Å². The van der Waals surface area contributed by atoms with Gasteiger partial charge < -0.3 is 14.8 Å². The molecule has 0 spiro atoms. The molecule has 3 aromatic heterocycles. The summed E-state index contributed by atoms with van der Waals surface area (Å²) in [4.78, 5) is 39.1. The largest absolute Gasteiger partial charge is 0.494 e. The van der Waals surface area contributed by atoms with Crippen LogP contribution in [0.2, 0.25) is 0 Å².